The molecule has 0 atom stereocenters. The molecular formula is C20H21NO4. The SMILES string of the molecule is CCCOc1ccccc1/C=C/C(=O)Nc1ccc2c(c1)OCCO2. The Hall–Kier alpha value is -2.95. The molecule has 0 bridgehead atoms. The van der Waals surface area contributed by atoms with Gasteiger partial charge in [-0.05, 0) is 30.7 Å². The first-order valence-corrected chi connectivity index (χ1v) is 8.37. The third-order valence-corrected chi connectivity index (χ3v) is 3.60. The first-order valence-electron chi connectivity index (χ1n) is 8.37. The Morgan fingerprint density at radius 3 is 2.80 bits per heavy atom. The van der Waals surface area contributed by atoms with E-state index >= 15 is 0 Å². The van der Waals surface area contributed by atoms with E-state index in [2.05, 4.69) is 12.2 Å². The predicted octanol–water partition coefficient (Wildman–Crippen LogP) is 3.90. The Morgan fingerprint density at radius 1 is 1.16 bits per heavy atom. The van der Waals surface area contributed by atoms with Crippen LogP contribution in [0, 0.1) is 0 Å². The van der Waals surface area contributed by atoms with Crippen LogP contribution in [-0.4, -0.2) is 25.7 Å². The number of nitrogens with one attached hydrogen (secondary N) is 1. The smallest absolute Gasteiger partial charge is 0.248 e. The highest BCUT2D eigenvalue weighted by molar-refractivity contribution is 6.02. The highest BCUT2D eigenvalue weighted by Gasteiger charge is 2.12. The fourth-order valence-corrected chi connectivity index (χ4v) is 2.43. The lowest BCUT2D eigenvalue weighted by molar-refractivity contribution is -0.111. The topological polar surface area (TPSA) is 56.8 Å². The van der Waals surface area contributed by atoms with Crippen molar-refractivity contribution in [1.82, 2.24) is 0 Å². The molecule has 1 heterocycles. The Balaban J connectivity index is 1.65. The monoisotopic (exact) mass is 339 g/mol. The molecule has 0 saturated heterocycles. The number of rotatable bonds is 6. The number of hydrogen-bond acceptors (Lipinski definition) is 4. The molecule has 5 nitrogen and oxygen atoms in total. The second kappa shape index (κ2) is 8.24. The summed E-state index contributed by atoms with van der Waals surface area (Å²) in [5.74, 6) is 1.89. The Morgan fingerprint density at radius 2 is 1.96 bits per heavy atom. The van der Waals surface area contributed by atoms with Gasteiger partial charge in [0.15, 0.2) is 11.5 Å². The molecule has 0 spiro atoms. The van der Waals surface area contributed by atoms with E-state index in [0.717, 1.165) is 17.7 Å². The average Bonchev–Trinajstić information content (AvgIpc) is 2.65. The van der Waals surface area contributed by atoms with E-state index in [-0.39, 0.29) is 5.91 Å². The van der Waals surface area contributed by atoms with Crippen molar-refractivity contribution in [3.63, 3.8) is 0 Å². The van der Waals surface area contributed by atoms with Gasteiger partial charge in [-0.25, -0.2) is 0 Å². The van der Waals surface area contributed by atoms with Crippen LogP contribution in [0.15, 0.2) is 48.5 Å². The molecule has 1 amide bonds. The zero-order valence-electron chi connectivity index (χ0n) is 14.2. The Bertz CT molecular complexity index is 770. The quantitative estimate of drug-likeness (QED) is 0.811. The van der Waals surface area contributed by atoms with E-state index < -0.39 is 0 Å². The van der Waals surface area contributed by atoms with Gasteiger partial charge >= 0.3 is 0 Å². The van der Waals surface area contributed by atoms with E-state index in [1.807, 2.05) is 24.3 Å². The fraction of sp³-hybridized carbons (Fsp3) is 0.250. The van der Waals surface area contributed by atoms with Crippen molar-refractivity contribution in [3.8, 4) is 17.2 Å². The number of para-hydroxylation sites is 1. The molecule has 1 N–H and O–H groups in total. The van der Waals surface area contributed by atoms with Crippen LogP contribution >= 0.6 is 0 Å². The first-order chi connectivity index (χ1) is 12.3. The molecule has 25 heavy (non-hydrogen) atoms. The van der Waals surface area contributed by atoms with Gasteiger partial charge in [0.25, 0.3) is 0 Å². The summed E-state index contributed by atoms with van der Waals surface area (Å²) in [5, 5.41) is 2.82. The van der Waals surface area contributed by atoms with Crippen molar-refractivity contribution >= 4 is 17.7 Å². The molecular weight excluding hydrogens is 318 g/mol. The third kappa shape index (κ3) is 4.53. The molecule has 5 heteroatoms. The number of hydrogen-bond donors (Lipinski definition) is 1. The molecule has 3 rings (SSSR count). The molecule has 2 aromatic carbocycles. The van der Waals surface area contributed by atoms with Crippen LogP contribution in [-0.2, 0) is 4.79 Å². The van der Waals surface area contributed by atoms with Crippen molar-refractivity contribution < 1.29 is 19.0 Å². The zero-order chi connectivity index (χ0) is 17.5. The van der Waals surface area contributed by atoms with Gasteiger partial charge in [0.1, 0.15) is 19.0 Å². The lowest BCUT2D eigenvalue weighted by Gasteiger charge is -2.18. The summed E-state index contributed by atoms with van der Waals surface area (Å²) in [5.41, 5.74) is 1.53. The van der Waals surface area contributed by atoms with Crippen molar-refractivity contribution in [2.75, 3.05) is 25.1 Å². The number of carbonyl (C=O) groups is 1. The summed E-state index contributed by atoms with van der Waals surface area (Å²) in [6.07, 6.45) is 4.17. The first kappa shape index (κ1) is 16.9. The van der Waals surface area contributed by atoms with Gasteiger partial charge in [-0.2, -0.15) is 0 Å². The van der Waals surface area contributed by atoms with Crippen LogP contribution in [0.3, 0.4) is 0 Å². The zero-order valence-corrected chi connectivity index (χ0v) is 14.2. The van der Waals surface area contributed by atoms with Gasteiger partial charge in [0, 0.05) is 23.4 Å². The molecule has 0 aromatic heterocycles. The van der Waals surface area contributed by atoms with Gasteiger partial charge in [0.05, 0.1) is 6.61 Å². The van der Waals surface area contributed by atoms with Gasteiger partial charge in [0.2, 0.25) is 5.91 Å². The minimum Gasteiger partial charge on any atom is -0.493 e. The van der Waals surface area contributed by atoms with Crippen molar-refractivity contribution in [2.45, 2.75) is 13.3 Å². The number of ether oxygens (including phenoxy) is 3. The molecule has 1 aliphatic heterocycles. The number of anilines is 1. The summed E-state index contributed by atoms with van der Waals surface area (Å²) in [6.45, 7) is 3.76. The summed E-state index contributed by atoms with van der Waals surface area (Å²) in [7, 11) is 0. The summed E-state index contributed by atoms with van der Waals surface area (Å²) in [4.78, 5) is 12.2. The van der Waals surface area contributed by atoms with E-state index in [9.17, 15) is 4.79 Å². The lowest BCUT2D eigenvalue weighted by atomic mass is 10.2. The second-order valence-corrected chi connectivity index (χ2v) is 5.57. The van der Waals surface area contributed by atoms with Gasteiger partial charge in [-0.15, -0.1) is 0 Å². The minimum absolute atomic E-state index is 0.220. The van der Waals surface area contributed by atoms with Crippen LogP contribution in [0.5, 0.6) is 17.2 Å². The molecule has 0 radical (unpaired) electrons. The molecule has 1 aliphatic rings. The summed E-state index contributed by atoms with van der Waals surface area (Å²) < 4.78 is 16.7. The number of benzene rings is 2. The van der Waals surface area contributed by atoms with E-state index in [1.165, 1.54) is 6.08 Å². The van der Waals surface area contributed by atoms with E-state index in [4.69, 9.17) is 14.2 Å². The lowest BCUT2D eigenvalue weighted by Crippen LogP contribution is -2.16. The van der Waals surface area contributed by atoms with Crippen LogP contribution in [0.1, 0.15) is 18.9 Å². The molecule has 0 saturated carbocycles. The van der Waals surface area contributed by atoms with Crippen molar-refractivity contribution in [1.29, 1.82) is 0 Å². The highest BCUT2D eigenvalue weighted by Crippen LogP contribution is 2.32. The number of carbonyl (C=O) groups excluding carboxylic acids is 1. The largest absolute Gasteiger partial charge is 0.493 e. The molecule has 0 fully saturated rings. The second-order valence-electron chi connectivity index (χ2n) is 5.57. The van der Waals surface area contributed by atoms with Crippen LogP contribution in [0.25, 0.3) is 6.08 Å². The number of amides is 1. The Labute approximate surface area is 147 Å². The summed E-state index contributed by atoms with van der Waals surface area (Å²) >= 11 is 0. The maximum atomic E-state index is 12.2. The minimum atomic E-state index is -0.220. The van der Waals surface area contributed by atoms with Crippen LogP contribution in [0.2, 0.25) is 0 Å². The maximum Gasteiger partial charge on any atom is 0.248 e. The fourth-order valence-electron chi connectivity index (χ4n) is 2.43. The highest BCUT2D eigenvalue weighted by atomic mass is 16.6. The summed E-state index contributed by atoms with van der Waals surface area (Å²) in [6, 6.07) is 13.0. The van der Waals surface area contributed by atoms with Crippen molar-refractivity contribution in [2.24, 2.45) is 0 Å². The standard InChI is InChI=1S/C20H21NO4/c1-2-11-23-17-6-4-3-5-15(17)7-10-20(22)21-16-8-9-18-19(14-16)25-13-12-24-18/h3-10,14H,2,11-13H2,1H3,(H,21,22)/b10-7+. The number of fused-ring (bicyclic) bond motifs is 1. The normalized spacial score (nSPS) is 12.8. The molecule has 0 aliphatic carbocycles. The Kier molecular flexibility index (Phi) is 5.57. The van der Waals surface area contributed by atoms with Crippen molar-refractivity contribution in [3.05, 3.63) is 54.1 Å². The van der Waals surface area contributed by atoms with Gasteiger partial charge < -0.3 is 19.5 Å². The third-order valence-electron chi connectivity index (χ3n) is 3.60. The molecule has 0 unspecified atom stereocenters. The van der Waals surface area contributed by atoms with E-state index in [1.54, 1.807) is 24.3 Å². The van der Waals surface area contributed by atoms with Crippen LogP contribution < -0.4 is 19.5 Å². The van der Waals surface area contributed by atoms with E-state index in [0.29, 0.717) is 37.0 Å². The molecule has 130 valence electrons. The van der Waals surface area contributed by atoms with Gasteiger partial charge in [-0.1, -0.05) is 25.1 Å². The van der Waals surface area contributed by atoms with Gasteiger partial charge in [-0.3, -0.25) is 4.79 Å². The average molecular weight is 339 g/mol. The molecule has 2 aromatic rings. The predicted molar refractivity (Wildman–Crippen MR) is 97.3 cm³/mol. The maximum absolute atomic E-state index is 12.2. The van der Waals surface area contributed by atoms with Crippen LogP contribution in [0.4, 0.5) is 5.69 Å².